The molecule has 0 atom stereocenters. The van der Waals surface area contributed by atoms with Gasteiger partial charge in [0.05, 0.1) is 14.5 Å². The second-order valence-corrected chi connectivity index (χ2v) is 3.14. The molecule has 0 unspecified atom stereocenters. The molecule has 0 saturated heterocycles. The van der Waals surface area contributed by atoms with Crippen LogP contribution in [-0.4, -0.2) is 12.2 Å². The van der Waals surface area contributed by atoms with E-state index in [1.165, 1.54) is 0 Å². The number of aliphatic hydroxyl groups excluding tert-OH is 1. The maximum absolute atomic E-state index is 7.00. The molecule has 1 rings (SSSR count). The predicted molar refractivity (Wildman–Crippen MR) is 52.3 cm³/mol. The first kappa shape index (κ1) is 11.2. The molecule has 0 amide bonds. The van der Waals surface area contributed by atoms with Gasteiger partial charge in [0, 0.05) is 7.11 Å². The van der Waals surface area contributed by atoms with Crippen molar-refractivity contribution in [2.75, 3.05) is 7.11 Å². The summed E-state index contributed by atoms with van der Waals surface area (Å²) in [4.78, 5) is 0. The zero-order chi connectivity index (χ0) is 8.85. The molecule has 0 spiro atoms. The Bertz CT molecular complexity index is 207. The lowest BCUT2D eigenvalue weighted by molar-refractivity contribution is 0.399. The summed E-state index contributed by atoms with van der Waals surface area (Å²) in [7, 11) is 1.00. The van der Waals surface area contributed by atoms with Gasteiger partial charge in [0.15, 0.2) is 0 Å². The molecule has 11 heavy (non-hydrogen) atoms. The van der Waals surface area contributed by atoms with Gasteiger partial charge in [-0.15, -0.1) is 0 Å². The summed E-state index contributed by atoms with van der Waals surface area (Å²) in [6, 6.07) is 5.35. The molecule has 0 fully saturated rings. The van der Waals surface area contributed by atoms with Crippen molar-refractivity contribution in [1.82, 2.24) is 0 Å². The highest BCUT2D eigenvalue weighted by atomic mass is 79.9. The van der Waals surface area contributed by atoms with Crippen LogP contribution in [0.15, 0.2) is 22.7 Å². The fourth-order valence-corrected chi connectivity index (χ4v) is 1.14. The van der Waals surface area contributed by atoms with E-state index in [1.54, 1.807) is 18.2 Å². The van der Waals surface area contributed by atoms with Crippen molar-refractivity contribution < 1.29 is 5.11 Å². The van der Waals surface area contributed by atoms with Gasteiger partial charge in [0.1, 0.15) is 0 Å². The summed E-state index contributed by atoms with van der Waals surface area (Å²) >= 11 is 14.6. The van der Waals surface area contributed by atoms with Crippen molar-refractivity contribution >= 4 is 39.1 Å². The summed E-state index contributed by atoms with van der Waals surface area (Å²) < 4.78 is 0.758. The Balaban J connectivity index is 0.000000461. The Kier molecular flexibility index (Phi) is 5.96. The van der Waals surface area contributed by atoms with E-state index in [4.69, 9.17) is 28.3 Å². The summed E-state index contributed by atoms with van der Waals surface area (Å²) in [5, 5.41) is 8.28. The third kappa shape index (κ3) is 3.43. The minimum atomic E-state index is 0.641. The number of benzene rings is 1. The SMILES string of the molecule is CO.Clc1cccc(Cl)c1Br. The number of rotatable bonds is 0. The Hall–Kier alpha value is 0.240. The molecule has 0 heterocycles. The largest absolute Gasteiger partial charge is 0.400 e. The van der Waals surface area contributed by atoms with Crippen LogP contribution in [0.4, 0.5) is 0 Å². The quantitative estimate of drug-likeness (QED) is 0.707. The lowest BCUT2D eigenvalue weighted by Gasteiger charge is -1.94. The molecule has 0 radical (unpaired) electrons. The van der Waals surface area contributed by atoms with Crippen LogP contribution >= 0.6 is 39.1 Å². The molecule has 0 saturated carbocycles. The molecule has 0 bridgehead atoms. The van der Waals surface area contributed by atoms with Crippen molar-refractivity contribution in [3.05, 3.63) is 32.7 Å². The van der Waals surface area contributed by atoms with Crippen LogP contribution in [0.5, 0.6) is 0 Å². The maximum atomic E-state index is 7.00. The van der Waals surface area contributed by atoms with Gasteiger partial charge in [-0.3, -0.25) is 0 Å². The number of hydrogen-bond donors (Lipinski definition) is 1. The van der Waals surface area contributed by atoms with E-state index >= 15 is 0 Å². The van der Waals surface area contributed by atoms with Crippen molar-refractivity contribution in [3.8, 4) is 0 Å². The lowest BCUT2D eigenvalue weighted by Crippen LogP contribution is -1.68. The molecular weight excluding hydrogens is 251 g/mol. The predicted octanol–water partition coefficient (Wildman–Crippen LogP) is 3.36. The van der Waals surface area contributed by atoms with Crippen LogP contribution in [0.1, 0.15) is 0 Å². The van der Waals surface area contributed by atoms with Crippen molar-refractivity contribution in [2.24, 2.45) is 0 Å². The topological polar surface area (TPSA) is 20.2 Å². The van der Waals surface area contributed by atoms with Crippen LogP contribution in [-0.2, 0) is 0 Å². The van der Waals surface area contributed by atoms with Crippen LogP contribution in [0, 0.1) is 0 Å². The summed E-state index contributed by atoms with van der Waals surface area (Å²) in [5.74, 6) is 0. The summed E-state index contributed by atoms with van der Waals surface area (Å²) in [6.07, 6.45) is 0. The normalized spacial score (nSPS) is 8.45. The molecule has 62 valence electrons. The number of halogens is 3. The third-order valence-corrected chi connectivity index (χ3v) is 2.85. The molecule has 0 aliphatic rings. The first-order valence-corrected chi connectivity index (χ1v) is 4.31. The first-order valence-electron chi connectivity index (χ1n) is 2.76. The Morgan fingerprint density at radius 3 is 1.82 bits per heavy atom. The molecular formula is C7H7BrCl2O. The Morgan fingerprint density at radius 2 is 1.55 bits per heavy atom. The summed E-state index contributed by atoms with van der Waals surface area (Å²) in [6.45, 7) is 0. The Labute approximate surface area is 84.1 Å². The summed E-state index contributed by atoms with van der Waals surface area (Å²) in [5.41, 5.74) is 0. The molecule has 0 aromatic heterocycles. The zero-order valence-electron chi connectivity index (χ0n) is 5.81. The molecule has 1 nitrogen and oxygen atoms in total. The molecule has 0 aliphatic heterocycles. The number of aliphatic hydroxyl groups is 1. The van der Waals surface area contributed by atoms with Crippen LogP contribution in [0.2, 0.25) is 10.0 Å². The molecule has 0 aliphatic carbocycles. The first-order chi connectivity index (χ1) is 5.22. The van der Waals surface area contributed by atoms with E-state index in [9.17, 15) is 0 Å². The molecule has 4 heteroatoms. The standard InChI is InChI=1S/C6H3BrCl2.CH4O/c7-6-4(8)2-1-3-5(6)9;1-2/h1-3H;2H,1H3. The minimum absolute atomic E-state index is 0.641. The maximum Gasteiger partial charge on any atom is 0.0563 e. The molecule has 1 aromatic carbocycles. The highest BCUT2D eigenvalue weighted by Gasteiger charge is 1.98. The highest BCUT2D eigenvalue weighted by molar-refractivity contribution is 9.10. The highest BCUT2D eigenvalue weighted by Crippen LogP contribution is 2.29. The van der Waals surface area contributed by atoms with E-state index in [0.29, 0.717) is 10.0 Å². The van der Waals surface area contributed by atoms with Gasteiger partial charge in [0.25, 0.3) is 0 Å². The van der Waals surface area contributed by atoms with Crippen LogP contribution in [0.25, 0.3) is 0 Å². The van der Waals surface area contributed by atoms with Gasteiger partial charge in [-0.05, 0) is 28.1 Å². The van der Waals surface area contributed by atoms with Crippen molar-refractivity contribution in [1.29, 1.82) is 0 Å². The second-order valence-electron chi connectivity index (χ2n) is 1.54. The average molecular weight is 258 g/mol. The van der Waals surface area contributed by atoms with E-state index < -0.39 is 0 Å². The van der Waals surface area contributed by atoms with E-state index in [0.717, 1.165) is 11.6 Å². The average Bonchev–Trinajstić information content (AvgIpc) is 2.04. The minimum Gasteiger partial charge on any atom is -0.400 e. The van der Waals surface area contributed by atoms with Gasteiger partial charge in [-0.1, -0.05) is 29.3 Å². The monoisotopic (exact) mass is 256 g/mol. The fourth-order valence-electron chi connectivity index (χ4n) is 0.477. The number of hydrogen-bond acceptors (Lipinski definition) is 1. The van der Waals surface area contributed by atoms with Gasteiger partial charge in [0.2, 0.25) is 0 Å². The van der Waals surface area contributed by atoms with Crippen LogP contribution < -0.4 is 0 Å². The zero-order valence-corrected chi connectivity index (χ0v) is 8.91. The molecule has 1 N–H and O–H groups in total. The van der Waals surface area contributed by atoms with Gasteiger partial charge >= 0.3 is 0 Å². The lowest BCUT2D eigenvalue weighted by atomic mass is 10.4. The van der Waals surface area contributed by atoms with E-state index in [1.807, 2.05) is 0 Å². The third-order valence-electron chi connectivity index (χ3n) is 0.904. The van der Waals surface area contributed by atoms with E-state index in [-0.39, 0.29) is 0 Å². The molecule has 1 aromatic rings. The van der Waals surface area contributed by atoms with Crippen LogP contribution in [0.3, 0.4) is 0 Å². The van der Waals surface area contributed by atoms with Crippen molar-refractivity contribution in [3.63, 3.8) is 0 Å². The fraction of sp³-hybridized carbons (Fsp3) is 0.143. The van der Waals surface area contributed by atoms with Gasteiger partial charge < -0.3 is 5.11 Å². The van der Waals surface area contributed by atoms with Crippen molar-refractivity contribution in [2.45, 2.75) is 0 Å². The second kappa shape index (κ2) is 5.84. The Morgan fingerprint density at radius 1 is 1.18 bits per heavy atom. The van der Waals surface area contributed by atoms with Gasteiger partial charge in [-0.2, -0.15) is 0 Å². The van der Waals surface area contributed by atoms with Gasteiger partial charge in [-0.25, -0.2) is 0 Å². The van der Waals surface area contributed by atoms with E-state index in [2.05, 4.69) is 15.9 Å². The smallest absolute Gasteiger partial charge is 0.0563 e.